The van der Waals surface area contributed by atoms with E-state index in [0.29, 0.717) is 0 Å². The summed E-state index contributed by atoms with van der Waals surface area (Å²) in [5.41, 5.74) is 1.74. The molecule has 7 nitrogen and oxygen atoms in total. The molecule has 29 heavy (non-hydrogen) atoms. The summed E-state index contributed by atoms with van der Waals surface area (Å²) >= 11 is 0. The Balaban J connectivity index is 1.80. The molecule has 2 amide bonds. The lowest BCUT2D eigenvalue weighted by Crippen LogP contribution is -2.33. The highest BCUT2D eigenvalue weighted by molar-refractivity contribution is 7.92. The maximum atomic E-state index is 13.8. The number of halogens is 1. The molecule has 0 radical (unpaired) electrons. The molecule has 2 N–H and O–H groups in total. The molecule has 1 aliphatic rings. The largest absolute Gasteiger partial charge is 0.326 e. The first kappa shape index (κ1) is 20.5. The van der Waals surface area contributed by atoms with Crippen molar-refractivity contribution < 1.29 is 22.4 Å². The van der Waals surface area contributed by atoms with Crippen molar-refractivity contribution in [3.05, 3.63) is 65.6 Å². The van der Waals surface area contributed by atoms with Crippen LogP contribution < -0.4 is 10.0 Å². The predicted molar refractivity (Wildman–Crippen MR) is 109 cm³/mol. The third kappa shape index (κ3) is 5.00. The normalized spacial score (nSPS) is 15.6. The van der Waals surface area contributed by atoms with Crippen LogP contribution in [0.4, 0.5) is 15.8 Å². The Morgan fingerprint density at radius 2 is 1.90 bits per heavy atom. The van der Waals surface area contributed by atoms with E-state index in [1.165, 1.54) is 24.0 Å². The minimum Gasteiger partial charge on any atom is -0.326 e. The van der Waals surface area contributed by atoms with E-state index in [1.54, 1.807) is 6.20 Å². The van der Waals surface area contributed by atoms with Crippen LogP contribution in [-0.4, -0.2) is 31.4 Å². The Hall–Kier alpha value is -3.20. The number of nitrogens with one attached hydrogen (secondary N) is 2. The van der Waals surface area contributed by atoms with Gasteiger partial charge in [-0.25, -0.2) is 12.8 Å². The van der Waals surface area contributed by atoms with Gasteiger partial charge in [0.25, 0.3) is 0 Å². The smallest absolute Gasteiger partial charge is 0.229 e. The Kier molecular flexibility index (Phi) is 5.69. The molecule has 1 atom stereocenters. The standard InChI is InChI=1S/C20H20FN3O4S/c1-13(25)24-10-9-14-5-3-4-6-16(14)19(24)12-20(26)22-15-7-8-17(21)18(11-15)23-29(2,27)28/h3-11,19,23H,12H2,1-2H3,(H,22,26)/t19-/m1/s1. The van der Waals surface area contributed by atoms with Gasteiger partial charge in [0.15, 0.2) is 0 Å². The molecule has 0 unspecified atom stereocenters. The zero-order valence-electron chi connectivity index (χ0n) is 15.8. The average Bonchev–Trinajstić information content (AvgIpc) is 2.63. The Morgan fingerprint density at radius 3 is 2.59 bits per heavy atom. The van der Waals surface area contributed by atoms with E-state index in [1.807, 2.05) is 30.3 Å². The molecule has 0 aromatic heterocycles. The van der Waals surface area contributed by atoms with E-state index >= 15 is 0 Å². The highest BCUT2D eigenvalue weighted by Crippen LogP contribution is 2.33. The molecule has 152 valence electrons. The third-order valence-electron chi connectivity index (χ3n) is 4.39. The molecule has 1 heterocycles. The molecular formula is C20H20FN3O4S. The first-order valence-corrected chi connectivity index (χ1v) is 10.7. The number of hydrogen-bond acceptors (Lipinski definition) is 4. The van der Waals surface area contributed by atoms with E-state index in [0.717, 1.165) is 23.4 Å². The zero-order valence-corrected chi connectivity index (χ0v) is 16.7. The molecule has 9 heteroatoms. The van der Waals surface area contributed by atoms with Crippen molar-refractivity contribution in [1.29, 1.82) is 0 Å². The minimum absolute atomic E-state index is 0.0207. The van der Waals surface area contributed by atoms with Crippen LogP contribution in [0.15, 0.2) is 48.7 Å². The zero-order chi connectivity index (χ0) is 21.2. The van der Waals surface area contributed by atoms with Crippen LogP contribution in [0.25, 0.3) is 6.08 Å². The summed E-state index contributed by atoms with van der Waals surface area (Å²) in [6.45, 7) is 1.42. The molecule has 0 aliphatic carbocycles. The maximum Gasteiger partial charge on any atom is 0.229 e. The van der Waals surface area contributed by atoms with Crippen molar-refractivity contribution in [2.75, 3.05) is 16.3 Å². The minimum atomic E-state index is -3.67. The SMILES string of the molecule is CC(=O)N1C=Cc2ccccc2[C@H]1CC(=O)Nc1ccc(F)c(NS(C)(=O)=O)c1. The van der Waals surface area contributed by atoms with Crippen molar-refractivity contribution in [2.45, 2.75) is 19.4 Å². The second kappa shape index (κ2) is 8.04. The first-order valence-electron chi connectivity index (χ1n) is 8.77. The first-order chi connectivity index (χ1) is 13.6. The summed E-state index contributed by atoms with van der Waals surface area (Å²) < 4.78 is 38.6. The highest BCUT2D eigenvalue weighted by Gasteiger charge is 2.28. The summed E-state index contributed by atoms with van der Waals surface area (Å²) in [5, 5.41) is 2.63. The molecule has 0 bridgehead atoms. The van der Waals surface area contributed by atoms with Crippen molar-refractivity contribution in [3.63, 3.8) is 0 Å². The van der Waals surface area contributed by atoms with E-state index in [2.05, 4.69) is 10.0 Å². The summed E-state index contributed by atoms with van der Waals surface area (Å²) in [6, 6.07) is 10.6. The summed E-state index contributed by atoms with van der Waals surface area (Å²) in [4.78, 5) is 26.1. The van der Waals surface area contributed by atoms with E-state index in [-0.39, 0.29) is 23.7 Å². The van der Waals surface area contributed by atoms with Crippen molar-refractivity contribution in [1.82, 2.24) is 4.90 Å². The molecule has 3 rings (SSSR count). The lowest BCUT2D eigenvalue weighted by atomic mass is 9.93. The number of fused-ring (bicyclic) bond motifs is 1. The molecule has 0 fully saturated rings. The quantitative estimate of drug-likeness (QED) is 0.781. The van der Waals surface area contributed by atoms with Crippen molar-refractivity contribution in [2.24, 2.45) is 0 Å². The van der Waals surface area contributed by atoms with Gasteiger partial charge >= 0.3 is 0 Å². The molecule has 0 saturated carbocycles. The maximum absolute atomic E-state index is 13.8. The number of nitrogens with zero attached hydrogens (tertiary/aromatic N) is 1. The van der Waals surface area contributed by atoms with E-state index in [9.17, 15) is 22.4 Å². The van der Waals surface area contributed by atoms with Crippen LogP contribution in [0.3, 0.4) is 0 Å². The van der Waals surface area contributed by atoms with Gasteiger partial charge in [0.05, 0.1) is 24.4 Å². The number of carbonyl (C=O) groups is 2. The number of sulfonamides is 1. The fraction of sp³-hybridized carbons (Fsp3) is 0.200. The second-order valence-electron chi connectivity index (χ2n) is 6.71. The van der Waals surface area contributed by atoms with Crippen molar-refractivity contribution >= 4 is 39.3 Å². The van der Waals surface area contributed by atoms with Gasteiger partial charge < -0.3 is 10.2 Å². The fourth-order valence-corrected chi connectivity index (χ4v) is 3.74. The van der Waals surface area contributed by atoms with Crippen LogP contribution in [0.1, 0.15) is 30.5 Å². The lowest BCUT2D eigenvalue weighted by molar-refractivity contribution is -0.129. The van der Waals surface area contributed by atoms with Gasteiger partial charge in [-0.3, -0.25) is 14.3 Å². The molecule has 0 saturated heterocycles. The Morgan fingerprint density at radius 1 is 1.17 bits per heavy atom. The average molecular weight is 417 g/mol. The van der Waals surface area contributed by atoms with Gasteiger partial charge in [0.1, 0.15) is 5.82 Å². The second-order valence-corrected chi connectivity index (χ2v) is 8.46. The molecule has 0 spiro atoms. The highest BCUT2D eigenvalue weighted by atomic mass is 32.2. The molecule has 1 aliphatic heterocycles. The Bertz CT molecular complexity index is 1100. The van der Waals surface area contributed by atoms with Crippen molar-refractivity contribution in [3.8, 4) is 0 Å². The summed E-state index contributed by atoms with van der Waals surface area (Å²) in [7, 11) is -3.67. The van der Waals surface area contributed by atoms with Gasteiger partial charge in [0, 0.05) is 18.8 Å². The Labute approximate surface area is 168 Å². The fourth-order valence-electron chi connectivity index (χ4n) is 3.18. The van der Waals surface area contributed by atoms with Gasteiger partial charge in [-0.05, 0) is 35.4 Å². The predicted octanol–water partition coefficient (Wildman–Crippen LogP) is 3.10. The summed E-state index contributed by atoms with van der Waals surface area (Å²) in [6.07, 6.45) is 4.35. The molecular weight excluding hydrogens is 397 g/mol. The number of benzene rings is 2. The van der Waals surface area contributed by atoms with Crippen LogP contribution in [-0.2, 0) is 19.6 Å². The summed E-state index contributed by atoms with van der Waals surface area (Å²) in [5.74, 6) is -1.36. The number of rotatable bonds is 5. The number of anilines is 2. The van der Waals surface area contributed by atoms with Crippen LogP contribution in [0.2, 0.25) is 0 Å². The topological polar surface area (TPSA) is 95.6 Å². The molecule has 2 aromatic rings. The number of carbonyl (C=O) groups excluding carboxylic acids is 2. The van der Waals surface area contributed by atoms with Crippen LogP contribution >= 0.6 is 0 Å². The van der Waals surface area contributed by atoms with Gasteiger partial charge in [-0.1, -0.05) is 24.3 Å². The molecule has 2 aromatic carbocycles. The monoisotopic (exact) mass is 417 g/mol. The van der Waals surface area contributed by atoms with Gasteiger partial charge in [0.2, 0.25) is 21.8 Å². The van der Waals surface area contributed by atoms with Gasteiger partial charge in [-0.15, -0.1) is 0 Å². The number of amides is 2. The van der Waals surface area contributed by atoms with Crippen LogP contribution in [0, 0.1) is 5.82 Å². The number of hydrogen-bond donors (Lipinski definition) is 2. The van der Waals surface area contributed by atoms with E-state index in [4.69, 9.17) is 0 Å². The van der Waals surface area contributed by atoms with E-state index < -0.39 is 27.8 Å². The van der Waals surface area contributed by atoms with Gasteiger partial charge in [-0.2, -0.15) is 0 Å². The third-order valence-corrected chi connectivity index (χ3v) is 4.98. The lowest BCUT2D eigenvalue weighted by Gasteiger charge is -2.32. The van der Waals surface area contributed by atoms with Crippen LogP contribution in [0.5, 0.6) is 0 Å².